The van der Waals surface area contributed by atoms with E-state index in [9.17, 15) is 4.79 Å². The molecule has 2 aromatic rings. The highest BCUT2D eigenvalue weighted by molar-refractivity contribution is 5.90. The summed E-state index contributed by atoms with van der Waals surface area (Å²) in [5, 5.41) is 3.69. The number of hydrogen-bond donors (Lipinski definition) is 1. The molecule has 27 heavy (non-hydrogen) atoms. The molecular weight excluding hydrogens is 342 g/mol. The van der Waals surface area contributed by atoms with Gasteiger partial charge in [0, 0.05) is 11.6 Å². The number of rotatable bonds is 3. The van der Waals surface area contributed by atoms with E-state index in [2.05, 4.69) is 29.6 Å². The van der Waals surface area contributed by atoms with Crippen LogP contribution in [-0.2, 0) is 4.74 Å². The van der Waals surface area contributed by atoms with Gasteiger partial charge in [-0.2, -0.15) is 0 Å². The van der Waals surface area contributed by atoms with Crippen LogP contribution in [0.15, 0.2) is 48.6 Å². The van der Waals surface area contributed by atoms with Gasteiger partial charge in [0.25, 0.3) is 0 Å². The van der Waals surface area contributed by atoms with Crippen LogP contribution in [0.1, 0.15) is 46.8 Å². The molecule has 1 aliphatic carbocycles. The molecule has 5 nitrogen and oxygen atoms in total. The van der Waals surface area contributed by atoms with Crippen LogP contribution >= 0.6 is 0 Å². The SMILES string of the molecule is CCOC(=O)c1ccc2c(c1)[C@@H]1C=CC[C@@H]1[C@H](c1ccc3c(c1)OCO3)N2. The van der Waals surface area contributed by atoms with Crippen molar-refractivity contribution >= 4 is 11.7 Å². The first-order valence-electron chi connectivity index (χ1n) is 9.38. The molecule has 1 N–H and O–H groups in total. The molecule has 0 saturated carbocycles. The Morgan fingerprint density at radius 1 is 1.19 bits per heavy atom. The molecule has 0 amide bonds. The summed E-state index contributed by atoms with van der Waals surface area (Å²) in [6.45, 7) is 2.49. The first-order valence-corrected chi connectivity index (χ1v) is 9.38. The fraction of sp³-hybridized carbons (Fsp3) is 0.318. The van der Waals surface area contributed by atoms with E-state index in [1.54, 1.807) is 0 Å². The summed E-state index contributed by atoms with van der Waals surface area (Å²) in [5.41, 5.74) is 4.03. The van der Waals surface area contributed by atoms with Gasteiger partial charge in [-0.05, 0) is 60.7 Å². The van der Waals surface area contributed by atoms with E-state index in [4.69, 9.17) is 14.2 Å². The van der Waals surface area contributed by atoms with E-state index < -0.39 is 0 Å². The predicted octanol–water partition coefficient (Wildman–Crippen LogP) is 4.42. The number of anilines is 1. The Labute approximate surface area is 157 Å². The first kappa shape index (κ1) is 16.2. The highest BCUT2D eigenvalue weighted by atomic mass is 16.7. The standard InChI is InChI=1S/C22H21NO4/c1-2-25-22(24)14-6-8-18-17(10-14)15-4-3-5-16(15)21(23-18)13-7-9-19-20(11-13)27-12-26-19/h3-4,6-11,15-16,21,23H,2,5,12H2,1H3/t15-,16+,21+/m1/s1. The van der Waals surface area contributed by atoms with Crippen molar-refractivity contribution < 1.29 is 19.0 Å². The lowest BCUT2D eigenvalue weighted by Gasteiger charge is -2.37. The number of fused-ring (bicyclic) bond motifs is 4. The van der Waals surface area contributed by atoms with E-state index in [1.165, 1.54) is 5.56 Å². The lowest BCUT2D eigenvalue weighted by Crippen LogP contribution is -2.29. The highest BCUT2D eigenvalue weighted by Crippen LogP contribution is 2.50. The van der Waals surface area contributed by atoms with Crippen molar-refractivity contribution in [3.05, 3.63) is 65.2 Å². The Balaban J connectivity index is 1.51. The number of hydrogen-bond acceptors (Lipinski definition) is 5. The molecule has 0 aromatic heterocycles. The third kappa shape index (κ3) is 2.65. The molecule has 5 rings (SSSR count). The van der Waals surface area contributed by atoms with E-state index in [0.717, 1.165) is 29.2 Å². The maximum atomic E-state index is 12.1. The zero-order valence-corrected chi connectivity index (χ0v) is 15.1. The fourth-order valence-corrected chi connectivity index (χ4v) is 4.37. The lowest BCUT2D eigenvalue weighted by atomic mass is 9.76. The minimum Gasteiger partial charge on any atom is -0.462 e. The van der Waals surface area contributed by atoms with Crippen LogP contribution < -0.4 is 14.8 Å². The summed E-state index contributed by atoms with van der Waals surface area (Å²) in [7, 11) is 0. The third-order valence-electron chi connectivity index (χ3n) is 5.63. The number of ether oxygens (including phenoxy) is 3. The maximum absolute atomic E-state index is 12.1. The van der Waals surface area contributed by atoms with Crippen molar-refractivity contribution in [2.45, 2.75) is 25.3 Å². The summed E-state index contributed by atoms with van der Waals surface area (Å²) < 4.78 is 16.2. The van der Waals surface area contributed by atoms with Gasteiger partial charge in [0.05, 0.1) is 18.2 Å². The van der Waals surface area contributed by atoms with Gasteiger partial charge in [0.2, 0.25) is 6.79 Å². The lowest BCUT2D eigenvalue weighted by molar-refractivity contribution is 0.0526. The minimum absolute atomic E-state index is 0.181. The average molecular weight is 363 g/mol. The van der Waals surface area contributed by atoms with Gasteiger partial charge in [-0.1, -0.05) is 18.2 Å². The predicted molar refractivity (Wildman–Crippen MR) is 101 cm³/mol. The van der Waals surface area contributed by atoms with Gasteiger partial charge >= 0.3 is 5.97 Å². The second-order valence-electron chi connectivity index (χ2n) is 7.11. The van der Waals surface area contributed by atoms with Crippen LogP contribution in [-0.4, -0.2) is 19.4 Å². The van der Waals surface area contributed by atoms with E-state index in [1.807, 2.05) is 31.2 Å². The van der Waals surface area contributed by atoms with Gasteiger partial charge in [-0.3, -0.25) is 0 Å². The topological polar surface area (TPSA) is 56.8 Å². The van der Waals surface area contributed by atoms with Crippen molar-refractivity contribution in [3.63, 3.8) is 0 Å². The van der Waals surface area contributed by atoms with Crippen molar-refractivity contribution in [1.82, 2.24) is 0 Å². The normalized spacial score (nSPS) is 24.1. The van der Waals surface area contributed by atoms with Crippen LogP contribution in [0.25, 0.3) is 0 Å². The van der Waals surface area contributed by atoms with Crippen molar-refractivity contribution in [1.29, 1.82) is 0 Å². The Morgan fingerprint density at radius 3 is 2.96 bits per heavy atom. The summed E-state index contributed by atoms with van der Waals surface area (Å²) in [6, 6.07) is 12.1. The van der Waals surface area contributed by atoms with Crippen LogP contribution in [0.3, 0.4) is 0 Å². The number of allylic oxidation sites excluding steroid dienone is 2. The molecule has 3 aliphatic rings. The van der Waals surface area contributed by atoms with Crippen LogP contribution in [0, 0.1) is 5.92 Å². The number of carbonyl (C=O) groups is 1. The molecule has 0 radical (unpaired) electrons. The molecule has 0 spiro atoms. The molecule has 0 saturated heterocycles. The Kier molecular flexibility index (Phi) is 3.81. The second kappa shape index (κ2) is 6.34. The molecule has 2 aromatic carbocycles. The van der Waals surface area contributed by atoms with E-state index in [0.29, 0.717) is 18.1 Å². The summed E-state index contributed by atoms with van der Waals surface area (Å²) >= 11 is 0. The molecule has 0 fully saturated rings. The molecule has 0 bridgehead atoms. The van der Waals surface area contributed by atoms with Gasteiger partial charge in [-0.15, -0.1) is 0 Å². The molecular formula is C22H21NO4. The Hall–Kier alpha value is -2.95. The van der Waals surface area contributed by atoms with Crippen molar-refractivity contribution in [2.75, 3.05) is 18.7 Å². The molecule has 5 heteroatoms. The van der Waals surface area contributed by atoms with Crippen LogP contribution in [0.2, 0.25) is 0 Å². The van der Waals surface area contributed by atoms with Gasteiger partial charge in [0.1, 0.15) is 0 Å². The maximum Gasteiger partial charge on any atom is 0.338 e. The fourth-order valence-electron chi connectivity index (χ4n) is 4.37. The van der Waals surface area contributed by atoms with E-state index >= 15 is 0 Å². The van der Waals surface area contributed by atoms with Gasteiger partial charge in [0.15, 0.2) is 11.5 Å². The molecule has 0 unspecified atom stereocenters. The summed E-state index contributed by atoms with van der Waals surface area (Å²) in [6.07, 6.45) is 5.50. The number of benzene rings is 2. The van der Waals surface area contributed by atoms with Crippen LogP contribution in [0.4, 0.5) is 5.69 Å². The largest absolute Gasteiger partial charge is 0.462 e. The Bertz CT molecular complexity index is 936. The Morgan fingerprint density at radius 2 is 2.07 bits per heavy atom. The molecule has 3 atom stereocenters. The van der Waals surface area contributed by atoms with Crippen molar-refractivity contribution in [2.24, 2.45) is 5.92 Å². The second-order valence-corrected chi connectivity index (χ2v) is 7.11. The zero-order valence-electron chi connectivity index (χ0n) is 15.1. The molecule has 138 valence electrons. The first-order chi connectivity index (χ1) is 13.2. The zero-order chi connectivity index (χ0) is 18.4. The molecule has 2 aliphatic heterocycles. The number of carbonyl (C=O) groups excluding carboxylic acids is 1. The number of nitrogens with one attached hydrogen (secondary N) is 1. The molecule has 2 heterocycles. The quantitative estimate of drug-likeness (QED) is 0.646. The third-order valence-corrected chi connectivity index (χ3v) is 5.63. The monoisotopic (exact) mass is 363 g/mol. The average Bonchev–Trinajstić information content (AvgIpc) is 3.36. The van der Waals surface area contributed by atoms with Crippen molar-refractivity contribution in [3.8, 4) is 11.5 Å². The number of esters is 1. The smallest absolute Gasteiger partial charge is 0.338 e. The van der Waals surface area contributed by atoms with Crippen LogP contribution in [0.5, 0.6) is 11.5 Å². The van der Waals surface area contributed by atoms with E-state index in [-0.39, 0.29) is 24.7 Å². The highest BCUT2D eigenvalue weighted by Gasteiger charge is 2.38. The van der Waals surface area contributed by atoms with Gasteiger partial charge < -0.3 is 19.5 Å². The summed E-state index contributed by atoms with van der Waals surface area (Å²) in [5.74, 6) is 2.02. The summed E-state index contributed by atoms with van der Waals surface area (Å²) in [4.78, 5) is 12.1. The minimum atomic E-state index is -0.267. The van der Waals surface area contributed by atoms with Gasteiger partial charge in [-0.25, -0.2) is 4.79 Å².